The van der Waals surface area contributed by atoms with Crippen molar-refractivity contribution in [2.45, 2.75) is 0 Å². The van der Waals surface area contributed by atoms with Crippen molar-refractivity contribution in [3.63, 3.8) is 0 Å². The minimum absolute atomic E-state index is 0.640. The minimum Gasteiger partial charge on any atom is -0.310 e. The van der Waals surface area contributed by atoms with Crippen molar-refractivity contribution in [3.05, 3.63) is 158 Å². The van der Waals surface area contributed by atoms with Crippen molar-refractivity contribution in [3.8, 4) is 34.2 Å². The third-order valence-electron chi connectivity index (χ3n) is 7.11. The molecule has 7 aromatic rings. The zero-order valence-electron chi connectivity index (χ0n) is 22.3. The molecule has 4 nitrogen and oxygen atoms in total. The van der Waals surface area contributed by atoms with Crippen LogP contribution in [0.15, 0.2) is 158 Å². The fourth-order valence-corrected chi connectivity index (χ4v) is 5.10. The summed E-state index contributed by atoms with van der Waals surface area (Å²) in [4.78, 5) is 16.9. The highest BCUT2D eigenvalue weighted by molar-refractivity contribution is 5.98. The van der Waals surface area contributed by atoms with E-state index in [4.69, 9.17) is 15.0 Å². The molecule has 0 saturated heterocycles. The first-order chi connectivity index (χ1) is 20.3. The molecule has 1 aromatic heterocycles. The number of nitrogens with zero attached hydrogens (tertiary/aromatic N) is 4. The van der Waals surface area contributed by atoms with Crippen molar-refractivity contribution >= 4 is 27.8 Å². The molecule has 1 heterocycles. The Kier molecular flexibility index (Phi) is 6.48. The fourth-order valence-electron chi connectivity index (χ4n) is 5.10. The molecular formula is C37H26N4. The van der Waals surface area contributed by atoms with E-state index in [1.807, 2.05) is 66.7 Å². The van der Waals surface area contributed by atoms with Gasteiger partial charge in [-0.2, -0.15) is 0 Å². The molecule has 0 atom stereocenters. The van der Waals surface area contributed by atoms with Crippen molar-refractivity contribution in [2.75, 3.05) is 4.90 Å². The Morgan fingerprint density at radius 2 is 0.780 bits per heavy atom. The first-order valence-corrected chi connectivity index (χ1v) is 13.6. The van der Waals surface area contributed by atoms with Crippen LogP contribution in [0.4, 0.5) is 17.1 Å². The van der Waals surface area contributed by atoms with E-state index in [0.717, 1.165) is 33.8 Å². The van der Waals surface area contributed by atoms with Gasteiger partial charge in [0.05, 0.1) is 5.69 Å². The summed E-state index contributed by atoms with van der Waals surface area (Å²) < 4.78 is 0. The maximum atomic E-state index is 4.90. The van der Waals surface area contributed by atoms with Gasteiger partial charge < -0.3 is 4.90 Å². The van der Waals surface area contributed by atoms with Gasteiger partial charge in [0.2, 0.25) is 0 Å². The molecule has 6 aromatic carbocycles. The molecule has 0 spiro atoms. The highest BCUT2D eigenvalue weighted by Gasteiger charge is 2.16. The van der Waals surface area contributed by atoms with Gasteiger partial charge in [0.1, 0.15) is 0 Å². The zero-order valence-corrected chi connectivity index (χ0v) is 22.3. The number of anilines is 3. The van der Waals surface area contributed by atoms with Gasteiger partial charge >= 0.3 is 0 Å². The molecule has 0 unspecified atom stereocenters. The number of hydrogen-bond acceptors (Lipinski definition) is 4. The number of fused-ring (bicyclic) bond motifs is 1. The zero-order chi connectivity index (χ0) is 27.4. The molecular weight excluding hydrogens is 500 g/mol. The van der Waals surface area contributed by atoms with Crippen LogP contribution in [0.5, 0.6) is 0 Å². The van der Waals surface area contributed by atoms with E-state index in [1.165, 1.54) is 10.8 Å². The van der Waals surface area contributed by atoms with Crippen LogP contribution in [0.1, 0.15) is 0 Å². The van der Waals surface area contributed by atoms with Crippen LogP contribution in [0.25, 0.3) is 44.9 Å². The van der Waals surface area contributed by atoms with Gasteiger partial charge in [0, 0.05) is 33.5 Å². The highest BCUT2D eigenvalue weighted by atomic mass is 15.1. The number of benzene rings is 6. The van der Waals surface area contributed by atoms with Crippen LogP contribution in [-0.4, -0.2) is 15.0 Å². The van der Waals surface area contributed by atoms with Gasteiger partial charge in [-0.3, -0.25) is 0 Å². The maximum absolute atomic E-state index is 4.90. The average Bonchev–Trinajstić information content (AvgIpc) is 3.06. The van der Waals surface area contributed by atoms with Gasteiger partial charge in [-0.1, -0.05) is 115 Å². The normalized spacial score (nSPS) is 10.9. The molecule has 0 saturated carbocycles. The summed E-state index contributed by atoms with van der Waals surface area (Å²) in [6, 6.07) is 54.0. The van der Waals surface area contributed by atoms with Gasteiger partial charge in [0.25, 0.3) is 0 Å². The first kappa shape index (κ1) is 24.4. The Hall–Kier alpha value is -5.61. The lowest BCUT2D eigenvalue weighted by Crippen LogP contribution is -2.10. The summed E-state index contributed by atoms with van der Waals surface area (Å²) in [7, 11) is 0. The molecule has 194 valence electrons. The molecule has 0 N–H and O–H groups in total. The fraction of sp³-hybridized carbons (Fsp3) is 0. The topological polar surface area (TPSA) is 41.9 Å². The van der Waals surface area contributed by atoms with Crippen LogP contribution in [0.3, 0.4) is 0 Å². The van der Waals surface area contributed by atoms with Gasteiger partial charge in [-0.15, -0.1) is 0 Å². The van der Waals surface area contributed by atoms with E-state index in [-0.39, 0.29) is 0 Å². The molecule has 7 rings (SSSR count). The third-order valence-corrected chi connectivity index (χ3v) is 7.11. The number of aromatic nitrogens is 3. The summed E-state index contributed by atoms with van der Waals surface area (Å²) in [5.74, 6) is 1.95. The lowest BCUT2D eigenvalue weighted by Gasteiger charge is -2.27. The number of para-hydroxylation sites is 1. The van der Waals surface area contributed by atoms with E-state index >= 15 is 0 Å². The third kappa shape index (κ3) is 4.95. The highest BCUT2D eigenvalue weighted by Crippen LogP contribution is 2.39. The Morgan fingerprint density at radius 3 is 1.37 bits per heavy atom. The Morgan fingerprint density at radius 1 is 0.341 bits per heavy atom. The maximum Gasteiger partial charge on any atom is 0.164 e. The van der Waals surface area contributed by atoms with Crippen LogP contribution in [0.2, 0.25) is 0 Å². The average molecular weight is 527 g/mol. The summed E-state index contributed by atoms with van der Waals surface area (Å²) in [5, 5.41) is 2.40. The molecule has 0 amide bonds. The van der Waals surface area contributed by atoms with E-state index in [1.54, 1.807) is 0 Å². The Balaban J connectivity index is 1.34. The minimum atomic E-state index is 0.640. The molecule has 41 heavy (non-hydrogen) atoms. The summed E-state index contributed by atoms with van der Waals surface area (Å²) >= 11 is 0. The van der Waals surface area contributed by atoms with Crippen molar-refractivity contribution in [1.82, 2.24) is 15.0 Å². The van der Waals surface area contributed by atoms with Gasteiger partial charge in [0.15, 0.2) is 17.5 Å². The second kappa shape index (κ2) is 10.9. The monoisotopic (exact) mass is 526 g/mol. The molecule has 0 aliphatic heterocycles. The van der Waals surface area contributed by atoms with Crippen LogP contribution >= 0.6 is 0 Å². The van der Waals surface area contributed by atoms with Crippen LogP contribution in [0, 0.1) is 0 Å². The van der Waals surface area contributed by atoms with E-state index in [2.05, 4.69) is 95.9 Å². The van der Waals surface area contributed by atoms with Crippen molar-refractivity contribution in [2.24, 2.45) is 0 Å². The second-order valence-electron chi connectivity index (χ2n) is 9.75. The molecule has 0 bridgehead atoms. The predicted octanol–water partition coefficient (Wildman–Crippen LogP) is 9.50. The predicted molar refractivity (Wildman–Crippen MR) is 168 cm³/mol. The van der Waals surface area contributed by atoms with Crippen molar-refractivity contribution in [1.29, 1.82) is 0 Å². The molecule has 4 heteroatoms. The van der Waals surface area contributed by atoms with Crippen molar-refractivity contribution < 1.29 is 0 Å². The van der Waals surface area contributed by atoms with Gasteiger partial charge in [-0.05, 0) is 47.9 Å². The second-order valence-corrected chi connectivity index (χ2v) is 9.75. The molecule has 0 radical (unpaired) electrons. The number of hydrogen-bond donors (Lipinski definition) is 0. The molecule has 0 fully saturated rings. The Bertz CT molecular complexity index is 1860. The quantitative estimate of drug-likeness (QED) is 0.216. The first-order valence-electron chi connectivity index (χ1n) is 13.6. The van der Waals surface area contributed by atoms with E-state index in [9.17, 15) is 0 Å². The van der Waals surface area contributed by atoms with Gasteiger partial charge in [-0.25, -0.2) is 15.0 Å². The number of rotatable bonds is 6. The van der Waals surface area contributed by atoms with Crippen LogP contribution < -0.4 is 4.90 Å². The SMILES string of the molecule is c1ccc(-c2nc(-c3ccccc3)nc(-c3ccc(N(c4ccccc4)c4cccc5ccccc45)cc3)n2)cc1. The summed E-state index contributed by atoms with van der Waals surface area (Å²) in [6.45, 7) is 0. The largest absolute Gasteiger partial charge is 0.310 e. The molecule has 0 aliphatic rings. The smallest absolute Gasteiger partial charge is 0.164 e. The lowest BCUT2D eigenvalue weighted by atomic mass is 10.1. The standard InChI is InChI=1S/C37H26N4/c1-4-14-28(15-5-1)35-38-36(29-16-6-2-7-17-29)40-37(39-35)30-23-25-32(26-24-30)41(31-19-8-3-9-20-31)34-22-12-18-27-13-10-11-21-33(27)34/h1-26H. The summed E-state index contributed by atoms with van der Waals surface area (Å²) in [5.41, 5.74) is 6.11. The van der Waals surface area contributed by atoms with E-state index < -0.39 is 0 Å². The Labute approximate surface area is 239 Å². The van der Waals surface area contributed by atoms with E-state index in [0.29, 0.717) is 17.5 Å². The van der Waals surface area contributed by atoms with Crippen LogP contribution in [-0.2, 0) is 0 Å². The lowest BCUT2D eigenvalue weighted by molar-refractivity contribution is 1.07. The summed E-state index contributed by atoms with van der Waals surface area (Å²) in [6.07, 6.45) is 0. The molecule has 0 aliphatic carbocycles.